The van der Waals surface area contributed by atoms with Crippen LogP contribution in [-0.2, 0) is 0 Å². The molecule has 0 aliphatic carbocycles. The summed E-state index contributed by atoms with van der Waals surface area (Å²) in [5.41, 5.74) is 0. The number of hydrogen-bond acceptors (Lipinski definition) is 1. The zero-order chi connectivity index (χ0) is 9.78. The molecular formula is C12H25N. The Kier molecular flexibility index (Phi) is 11.4. The number of hydrogen-bond donors (Lipinski definition) is 1. The smallest absolute Gasteiger partial charge is 0.00143 e. The topological polar surface area (TPSA) is 12.0 Å². The predicted octanol–water partition coefficient (Wildman–Crippen LogP) is 3.51. The van der Waals surface area contributed by atoms with Crippen molar-refractivity contribution in [2.24, 2.45) is 0 Å². The molecule has 1 heteroatoms. The van der Waals surface area contributed by atoms with Crippen LogP contribution in [0, 0.1) is 0 Å². The van der Waals surface area contributed by atoms with Crippen LogP contribution in [0.5, 0.6) is 0 Å². The van der Waals surface area contributed by atoms with E-state index in [-0.39, 0.29) is 0 Å². The van der Waals surface area contributed by atoms with Crippen molar-refractivity contribution in [1.29, 1.82) is 0 Å². The van der Waals surface area contributed by atoms with E-state index in [1.165, 1.54) is 38.6 Å². The third-order valence-electron chi connectivity index (χ3n) is 2.10. The second-order valence-corrected chi connectivity index (χ2v) is 3.48. The Bertz CT molecular complexity index is 108. The molecule has 0 aromatic heterocycles. The highest BCUT2D eigenvalue weighted by Gasteiger charge is 1.86. The Morgan fingerprint density at radius 2 is 1.77 bits per heavy atom. The normalized spacial score (nSPS) is 11.2. The van der Waals surface area contributed by atoms with Crippen LogP contribution < -0.4 is 5.32 Å². The van der Waals surface area contributed by atoms with Crippen molar-refractivity contribution in [2.45, 2.75) is 52.4 Å². The van der Waals surface area contributed by atoms with Gasteiger partial charge in [-0.15, -0.1) is 0 Å². The van der Waals surface area contributed by atoms with E-state index in [4.69, 9.17) is 0 Å². The molecule has 0 rings (SSSR count). The zero-order valence-electron chi connectivity index (χ0n) is 9.31. The molecule has 0 amide bonds. The number of allylic oxidation sites excluding steroid dienone is 1. The Labute approximate surface area is 83.6 Å². The predicted molar refractivity (Wildman–Crippen MR) is 61.1 cm³/mol. The lowest BCUT2D eigenvalue weighted by Gasteiger charge is -2.01. The molecule has 0 saturated heterocycles. The van der Waals surface area contributed by atoms with Crippen LogP contribution in [0.1, 0.15) is 52.4 Å². The van der Waals surface area contributed by atoms with Crippen LogP contribution in [0.3, 0.4) is 0 Å². The van der Waals surface area contributed by atoms with Crippen molar-refractivity contribution in [2.75, 3.05) is 13.1 Å². The molecule has 0 unspecified atom stereocenters. The van der Waals surface area contributed by atoms with E-state index in [9.17, 15) is 0 Å². The van der Waals surface area contributed by atoms with Crippen LogP contribution in [0.4, 0.5) is 0 Å². The van der Waals surface area contributed by atoms with E-state index in [1.807, 2.05) is 0 Å². The standard InChI is InChI=1S/C12H25N/c1-3-5-7-9-11-13-12-10-8-6-4-2/h5,7,13H,3-4,6,8-12H2,1-2H3. The lowest BCUT2D eigenvalue weighted by molar-refractivity contribution is 0.601. The monoisotopic (exact) mass is 183 g/mol. The molecule has 0 aromatic rings. The van der Waals surface area contributed by atoms with Crippen LogP contribution in [0.25, 0.3) is 0 Å². The van der Waals surface area contributed by atoms with Crippen molar-refractivity contribution >= 4 is 0 Å². The average molecular weight is 183 g/mol. The molecule has 0 saturated carbocycles. The van der Waals surface area contributed by atoms with E-state index in [0.29, 0.717) is 0 Å². The summed E-state index contributed by atoms with van der Waals surface area (Å²) >= 11 is 0. The third kappa shape index (κ3) is 11.7. The van der Waals surface area contributed by atoms with Gasteiger partial charge in [0.15, 0.2) is 0 Å². The number of rotatable bonds is 9. The van der Waals surface area contributed by atoms with Crippen LogP contribution in [0.15, 0.2) is 12.2 Å². The van der Waals surface area contributed by atoms with E-state index in [0.717, 1.165) is 13.0 Å². The minimum Gasteiger partial charge on any atom is -0.316 e. The van der Waals surface area contributed by atoms with Crippen molar-refractivity contribution < 1.29 is 0 Å². The van der Waals surface area contributed by atoms with E-state index in [1.54, 1.807) is 0 Å². The van der Waals surface area contributed by atoms with E-state index < -0.39 is 0 Å². The fourth-order valence-electron chi connectivity index (χ4n) is 1.27. The Balaban J connectivity index is 2.87. The summed E-state index contributed by atoms with van der Waals surface area (Å²) in [6.45, 7) is 6.76. The number of unbranched alkanes of at least 4 members (excludes halogenated alkanes) is 3. The van der Waals surface area contributed by atoms with Gasteiger partial charge in [-0.3, -0.25) is 0 Å². The summed E-state index contributed by atoms with van der Waals surface area (Å²) in [4.78, 5) is 0. The minimum absolute atomic E-state index is 1.14. The lowest BCUT2D eigenvalue weighted by atomic mass is 10.2. The molecule has 0 bridgehead atoms. The minimum atomic E-state index is 1.14. The molecule has 0 heterocycles. The van der Waals surface area contributed by atoms with Gasteiger partial charge in [0.1, 0.15) is 0 Å². The molecule has 1 N–H and O–H groups in total. The maximum absolute atomic E-state index is 3.45. The second kappa shape index (κ2) is 11.7. The van der Waals surface area contributed by atoms with Gasteiger partial charge in [-0.05, 0) is 32.4 Å². The molecule has 0 fully saturated rings. The maximum atomic E-state index is 3.45. The van der Waals surface area contributed by atoms with Gasteiger partial charge < -0.3 is 5.32 Å². The molecule has 0 spiro atoms. The molecule has 13 heavy (non-hydrogen) atoms. The van der Waals surface area contributed by atoms with Crippen LogP contribution >= 0.6 is 0 Å². The first-order valence-corrected chi connectivity index (χ1v) is 5.77. The van der Waals surface area contributed by atoms with Gasteiger partial charge in [-0.1, -0.05) is 45.3 Å². The molecule has 0 aliphatic heterocycles. The lowest BCUT2D eigenvalue weighted by Crippen LogP contribution is -2.15. The largest absolute Gasteiger partial charge is 0.316 e. The van der Waals surface area contributed by atoms with Gasteiger partial charge in [-0.2, -0.15) is 0 Å². The summed E-state index contributed by atoms with van der Waals surface area (Å²) in [5.74, 6) is 0. The van der Waals surface area contributed by atoms with Gasteiger partial charge in [0.2, 0.25) is 0 Å². The summed E-state index contributed by atoms with van der Waals surface area (Å²) < 4.78 is 0. The molecule has 0 aliphatic rings. The summed E-state index contributed by atoms with van der Waals surface area (Å²) in [6, 6.07) is 0. The average Bonchev–Trinajstić information content (AvgIpc) is 2.16. The fourth-order valence-corrected chi connectivity index (χ4v) is 1.27. The quantitative estimate of drug-likeness (QED) is 0.426. The second-order valence-electron chi connectivity index (χ2n) is 3.48. The van der Waals surface area contributed by atoms with E-state index in [2.05, 4.69) is 31.3 Å². The molecule has 1 nitrogen and oxygen atoms in total. The van der Waals surface area contributed by atoms with Crippen molar-refractivity contribution in [3.8, 4) is 0 Å². The Morgan fingerprint density at radius 3 is 2.46 bits per heavy atom. The van der Waals surface area contributed by atoms with Gasteiger partial charge in [0.25, 0.3) is 0 Å². The Hall–Kier alpha value is -0.300. The van der Waals surface area contributed by atoms with Gasteiger partial charge in [-0.25, -0.2) is 0 Å². The highest BCUT2D eigenvalue weighted by molar-refractivity contribution is 4.80. The van der Waals surface area contributed by atoms with Gasteiger partial charge in [0, 0.05) is 0 Å². The third-order valence-corrected chi connectivity index (χ3v) is 2.10. The number of nitrogens with one attached hydrogen (secondary N) is 1. The first kappa shape index (κ1) is 12.7. The SMILES string of the molecule is CCC=CCCNCCCCCC. The highest BCUT2D eigenvalue weighted by Crippen LogP contribution is 1.96. The first-order chi connectivity index (χ1) is 6.41. The van der Waals surface area contributed by atoms with Crippen molar-refractivity contribution in [1.82, 2.24) is 5.32 Å². The molecule has 0 atom stereocenters. The molecule has 0 aromatic carbocycles. The van der Waals surface area contributed by atoms with Gasteiger partial charge in [0.05, 0.1) is 0 Å². The fraction of sp³-hybridized carbons (Fsp3) is 0.833. The molecule has 0 radical (unpaired) electrons. The van der Waals surface area contributed by atoms with E-state index >= 15 is 0 Å². The van der Waals surface area contributed by atoms with Crippen LogP contribution in [-0.4, -0.2) is 13.1 Å². The molecular weight excluding hydrogens is 158 g/mol. The van der Waals surface area contributed by atoms with Crippen LogP contribution in [0.2, 0.25) is 0 Å². The molecule has 78 valence electrons. The Morgan fingerprint density at radius 1 is 0.923 bits per heavy atom. The summed E-state index contributed by atoms with van der Waals surface area (Å²) in [7, 11) is 0. The van der Waals surface area contributed by atoms with Gasteiger partial charge >= 0.3 is 0 Å². The zero-order valence-corrected chi connectivity index (χ0v) is 9.31. The highest BCUT2D eigenvalue weighted by atomic mass is 14.8. The summed E-state index contributed by atoms with van der Waals surface area (Å²) in [6.07, 6.45) is 12.3. The van der Waals surface area contributed by atoms with Crippen molar-refractivity contribution in [3.63, 3.8) is 0 Å². The first-order valence-electron chi connectivity index (χ1n) is 5.77. The maximum Gasteiger partial charge on any atom is -0.00143 e. The summed E-state index contributed by atoms with van der Waals surface area (Å²) in [5, 5.41) is 3.45. The van der Waals surface area contributed by atoms with Crippen molar-refractivity contribution in [3.05, 3.63) is 12.2 Å².